The third-order valence-corrected chi connectivity index (χ3v) is 3.20. The number of rotatable bonds is 7. The van der Waals surface area contributed by atoms with Crippen LogP contribution in [-0.4, -0.2) is 50.8 Å². The molecule has 1 rings (SSSR count). The highest BCUT2D eigenvalue weighted by molar-refractivity contribution is 4.73. The van der Waals surface area contributed by atoms with Gasteiger partial charge in [-0.3, -0.25) is 0 Å². The normalized spacial score (nSPS) is 23.2. The Balaban J connectivity index is 1.95. The molecule has 1 heterocycles. The van der Waals surface area contributed by atoms with Crippen molar-refractivity contribution in [1.82, 2.24) is 10.2 Å². The maximum Gasteiger partial charge on any atom is 0.0478 e. The minimum absolute atomic E-state index is 0.733. The highest BCUT2D eigenvalue weighted by Gasteiger charge is 2.13. The van der Waals surface area contributed by atoms with Crippen LogP contribution in [0.4, 0.5) is 0 Å². The Morgan fingerprint density at radius 3 is 2.94 bits per heavy atom. The van der Waals surface area contributed by atoms with Crippen LogP contribution in [0.2, 0.25) is 0 Å². The number of likely N-dealkylation sites (tertiary alicyclic amines) is 1. The zero-order valence-electron chi connectivity index (χ0n) is 11.0. The quantitative estimate of drug-likeness (QED) is 0.673. The fourth-order valence-electron chi connectivity index (χ4n) is 2.17. The van der Waals surface area contributed by atoms with Crippen LogP contribution in [0.5, 0.6) is 0 Å². The van der Waals surface area contributed by atoms with E-state index in [1.165, 1.54) is 32.4 Å². The van der Waals surface area contributed by atoms with E-state index in [4.69, 9.17) is 4.74 Å². The first-order valence-electron chi connectivity index (χ1n) is 6.82. The van der Waals surface area contributed by atoms with Gasteiger partial charge in [-0.25, -0.2) is 0 Å². The largest absolute Gasteiger partial charge is 0.381 e. The van der Waals surface area contributed by atoms with Crippen molar-refractivity contribution in [2.45, 2.75) is 45.1 Å². The molecule has 0 bridgehead atoms. The van der Waals surface area contributed by atoms with Crippen molar-refractivity contribution in [3.8, 4) is 0 Å². The number of nitrogens with zero attached hydrogens (tertiary/aromatic N) is 1. The first kappa shape index (κ1) is 13.9. The van der Waals surface area contributed by atoms with Crippen LogP contribution in [0.3, 0.4) is 0 Å². The first-order valence-corrected chi connectivity index (χ1v) is 6.82. The Morgan fingerprint density at radius 2 is 2.12 bits per heavy atom. The lowest BCUT2D eigenvalue weighted by molar-refractivity contribution is 0.131. The van der Waals surface area contributed by atoms with Gasteiger partial charge in [-0.1, -0.05) is 6.92 Å². The third kappa shape index (κ3) is 6.46. The molecule has 0 aromatic rings. The van der Waals surface area contributed by atoms with Crippen LogP contribution in [0.25, 0.3) is 0 Å². The molecule has 0 saturated carbocycles. The van der Waals surface area contributed by atoms with Gasteiger partial charge in [-0.05, 0) is 58.8 Å². The molecule has 16 heavy (non-hydrogen) atoms. The molecule has 0 amide bonds. The molecule has 1 atom stereocenters. The van der Waals surface area contributed by atoms with Gasteiger partial charge in [0.15, 0.2) is 0 Å². The summed E-state index contributed by atoms with van der Waals surface area (Å²) in [7, 11) is 2.22. The molecule has 0 aromatic carbocycles. The van der Waals surface area contributed by atoms with E-state index in [1.54, 1.807) is 0 Å². The van der Waals surface area contributed by atoms with Gasteiger partial charge in [0.2, 0.25) is 0 Å². The van der Waals surface area contributed by atoms with Crippen LogP contribution in [-0.2, 0) is 4.74 Å². The van der Waals surface area contributed by atoms with Gasteiger partial charge in [-0.2, -0.15) is 0 Å². The van der Waals surface area contributed by atoms with Gasteiger partial charge < -0.3 is 15.0 Å². The van der Waals surface area contributed by atoms with Crippen LogP contribution in [0.1, 0.15) is 39.0 Å². The van der Waals surface area contributed by atoms with Crippen LogP contribution >= 0.6 is 0 Å². The second-order valence-electron chi connectivity index (χ2n) is 4.85. The number of hydrogen-bond donors (Lipinski definition) is 1. The molecule has 1 saturated heterocycles. The molecule has 1 unspecified atom stereocenters. The summed E-state index contributed by atoms with van der Waals surface area (Å²) in [5.41, 5.74) is 0. The highest BCUT2D eigenvalue weighted by Crippen LogP contribution is 2.09. The summed E-state index contributed by atoms with van der Waals surface area (Å²) in [6, 6.07) is 0.733. The van der Waals surface area contributed by atoms with Gasteiger partial charge >= 0.3 is 0 Å². The summed E-state index contributed by atoms with van der Waals surface area (Å²) < 4.78 is 5.47. The predicted octanol–water partition coefficient (Wildman–Crippen LogP) is 1.88. The Kier molecular flexibility index (Phi) is 7.81. The molecule has 3 heteroatoms. The molecule has 0 aromatic heterocycles. The Labute approximate surface area is 101 Å². The van der Waals surface area contributed by atoms with Crippen molar-refractivity contribution in [3.63, 3.8) is 0 Å². The van der Waals surface area contributed by atoms with E-state index in [-0.39, 0.29) is 0 Å². The van der Waals surface area contributed by atoms with Crippen molar-refractivity contribution in [2.75, 3.05) is 39.9 Å². The van der Waals surface area contributed by atoms with Crippen LogP contribution in [0.15, 0.2) is 0 Å². The van der Waals surface area contributed by atoms with E-state index in [2.05, 4.69) is 24.2 Å². The minimum atomic E-state index is 0.733. The smallest absolute Gasteiger partial charge is 0.0478 e. The lowest BCUT2D eigenvalue weighted by Gasteiger charge is -2.16. The Morgan fingerprint density at radius 1 is 1.25 bits per heavy atom. The summed E-state index contributed by atoms with van der Waals surface area (Å²) in [4.78, 5) is 2.44. The van der Waals surface area contributed by atoms with Crippen molar-refractivity contribution in [3.05, 3.63) is 0 Å². The molecule has 1 fully saturated rings. The van der Waals surface area contributed by atoms with E-state index in [0.717, 1.165) is 38.6 Å². The van der Waals surface area contributed by atoms with Crippen molar-refractivity contribution in [1.29, 1.82) is 0 Å². The summed E-state index contributed by atoms with van der Waals surface area (Å²) in [6.07, 6.45) is 6.24. The summed E-state index contributed by atoms with van der Waals surface area (Å²) in [5, 5.41) is 3.65. The monoisotopic (exact) mass is 228 g/mol. The van der Waals surface area contributed by atoms with Crippen molar-refractivity contribution >= 4 is 0 Å². The van der Waals surface area contributed by atoms with Gasteiger partial charge in [0.1, 0.15) is 0 Å². The van der Waals surface area contributed by atoms with E-state index >= 15 is 0 Å². The molecule has 0 spiro atoms. The van der Waals surface area contributed by atoms with Crippen molar-refractivity contribution in [2.24, 2.45) is 0 Å². The lowest BCUT2D eigenvalue weighted by Crippen LogP contribution is -2.31. The summed E-state index contributed by atoms with van der Waals surface area (Å²) >= 11 is 0. The second-order valence-corrected chi connectivity index (χ2v) is 4.85. The average molecular weight is 228 g/mol. The van der Waals surface area contributed by atoms with E-state index in [0.29, 0.717) is 0 Å². The number of nitrogens with one attached hydrogen (secondary N) is 1. The molecular weight excluding hydrogens is 200 g/mol. The average Bonchev–Trinajstić information content (AvgIpc) is 2.49. The molecule has 96 valence electrons. The molecule has 3 nitrogen and oxygen atoms in total. The van der Waals surface area contributed by atoms with Gasteiger partial charge in [0.05, 0.1) is 0 Å². The van der Waals surface area contributed by atoms with Crippen LogP contribution < -0.4 is 5.32 Å². The minimum Gasteiger partial charge on any atom is -0.381 e. The number of ether oxygens (including phenoxy) is 1. The van der Waals surface area contributed by atoms with Crippen LogP contribution in [0, 0.1) is 0 Å². The summed E-state index contributed by atoms with van der Waals surface area (Å²) in [5.74, 6) is 0. The zero-order chi connectivity index (χ0) is 11.6. The van der Waals surface area contributed by atoms with E-state index < -0.39 is 0 Å². The fourth-order valence-corrected chi connectivity index (χ4v) is 2.17. The van der Waals surface area contributed by atoms with Gasteiger partial charge in [0, 0.05) is 19.3 Å². The summed E-state index contributed by atoms with van der Waals surface area (Å²) in [6.45, 7) is 7.59. The first-order chi connectivity index (χ1) is 7.83. The standard InChI is InChI=1S/C13H28N2O/c1-3-11-16-12-5-8-14-13-6-4-9-15(2)10-7-13/h13-14H,3-12H2,1-2H3. The molecule has 1 N–H and O–H groups in total. The topological polar surface area (TPSA) is 24.5 Å². The van der Waals surface area contributed by atoms with Gasteiger partial charge in [-0.15, -0.1) is 0 Å². The number of hydrogen-bond acceptors (Lipinski definition) is 3. The molecule has 1 aliphatic heterocycles. The highest BCUT2D eigenvalue weighted by atomic mass is 16.5. The fraction of sp³-hybridized carbons (Fsp3) is 1.00. The molecule has 0 aliphatic carbocycles. The zero-order valence-corrected chi connectivity index (χ0v) is 11.0. The predicted molar refractivity (Wildman–Crippen MR) is 68.9 cm³/mol. The lowest BCUT2D eigenvalue weighted by atomic mass is 10.1. The van der Waals surface area contributed by atoms with Gasteiger partial charge in [0.25, 0.3) is 0 Å². The molecule has 1 aliphatic rings. The second kappa shape index (κ2) is 8.97. The maximum atomic E-state index is 5.47. The SMILES string of the molecule is CCCOCCCNC1CCCN(C)CC1. The Hall–Kier alpha value is -0.120. The Bertz CT molecular complexity index is 164. The van der Waals surface area contributed by atoms with Crippen molar-refractivity contribution < 1.29 is 4.74 Å². The van der Waals surface area contributed by atoms with E-state index in [9.17, 15) is 0 Å². The maximum absolute atomic E-state index is 5.47. The molecular formula is C13H28N2O. The molecule has 0 radical (unpaired) electrons. The van der Waals surface area contributed by atoms with E-state index in [1.807, 2.05) is 0 Å². The third-order valence-electron chi connectivity index (χ3n) is 3.20.